The molecular weight excluding hydrogens is 330 g/mol. The van der Waals surface area contributed by atoms with Crippen molar-refractivity contribution in [3.63, 3.8) is 0 Å². The van der Waals surface area contributed by atoms with Gasteiger partial charge in [0.05, 0.1) is 18.7 Å². The molecule has 1 aliphatic rings. The zero-order valence-electron chi connectivity index (χ0n) is 15.8. The summed E-state index contributed by atoms with van der Waals surface area (Å²) in [6.07, 6.45) is 0.522. The molecule has 0 N–H and O–H groups in total. The molecule has 3 rings (SSSR count). The average Bonchev–Trinajstić information content (AvgIpc) is 3.11. The highest BCUT2D eigenvalue weighted by Gasteiger charge is 2.26. The first kappa shape index (κ1) is 18.6. The number of benzene rings is 1. The van der Waals surface area contributed by atoms with Crippen molar-refractivity contribution in [2.24, 2.45) is 5.92 Å². The molecule has 26 heavy (non-hydrogen) atoms. The summed E-state index contributed by atoms with van der Waals surface area (Å²) < 4.78 is 10.5. The van der Waals surface area contributed by atoms with Crippen LogP contribution in [0.5, 0.6) is 0 Å². The molecule has 0 saturated carbocycles. The number of aryl methyl sites for hydroxylation is 1. The molecule has 1 aromatic carbocycles. The number of hydrogen-bond acceptors (Lipinski definition) is 6. The third-order valence-corrected chi connectivity index (χ3v) is 4.96. The number of hydrogen-bond donors (Lipinski definition) is 0. The van der Waals surface area contributed by atoms with Crippen molar-refractivity contribution in [3.8, 4) is 11.3 Å². The number of carbonyl (C=O) groups is 1. The molecule has 0 amide bonds. The molecule has 0 aliphatic carbocycles. The predicted octanol–water partition coefficient (Wildman–Crippen LogP) is 2.23. The lowest BCUT2D eigenvalue weighted by Gasteiger charge is -2.33. The van der Waals surface area contributed by atoms with E-state index in [1.807, 2.05) is 30.3 Å². The Balaban J connectivity index is 1.67. The monoisotopic (exact) mass is 357 g/mol. The van der Waals surface area contributed by atoms with Crippen LogP contribution in [0.4, 0.5) is 0 Å². The maximum absolute atomic E-state index is 12.3. The van der Waals surface area contributed by atoms with Crippen molar-refractivity contribution < 1.29 is 14.1 Å². The van der Waals surface area contributed by atoms with Crippen LogP contribution in [0.25, 0.3) is 11.3 Å². The number of esters is 1. The van der Waals surface area contributed by atoms with Crippen molar-refractivity contribution in [2.75, 3.05) is 46.9 Å². The summed E-state index contributed by atoms with van der Waals surface area (Å²) in [6, 6.07) is 10.0. The van der Waals surface area contributed by atoms with Gasteiger partial charge in [-0.05, 0) is 14.0 Å². The zero-order valence-corrected chi connectivity index (χ0v) is 15.8. The molecule has 2 aromatic rings. The van der Waals surface area contributed by atoms with Crippen LogP contribution < -0.4 is 0 Å². The smallest absolute Gasteiger partial charge is 0.310 e. The lowest BCUT2D eigenvalue weighted by Crippen LogP contribution is -2.47. The molecule has 1 aromatic heterocycles. The van der Waals surface area contributed by atoms with Gasteiger partial charge in [0.1, 0.15) is 0 Å². The standard InChI is InChI=1S/C20H27N3O3/c1-15-4-6-16(7-5-15)19-13-18(21-26-19)12-17(20(24)25-3)14-23-10-8-22(2)9-11-23/h4-7,13,17H,8-12,14H2,1-3H3. The normalized spacial score (nSPS) is 17.2. The Morgan fingerprint density at radius 3 is 2.58 bits per heavy atom. The van der Waals surface area contributed by atoms with E-state index in [-0.39, 0.29) is 11.9 Å². The Morgan fingerprint density at radius 2 is 1.92 bits per heavy atom. The maximum Gasteiger partial charge on any atom is 0.310 e. The number of aromatic nitrogens is 1. The molecule has 1 aliphatic heterocycles. The predicted molar refractivity (Wildman–Crippen MR) is 99.8 cm³/mol. The molecule has 0 bridgehead atoms. The van der Waals surface area contributed by atoms with Gasteiger partial charge in [0.15, 0.2) is 5.76 Å². The van der Waals surface area contributed by atoms with E-state index in [2.05, 4.69) is 28.9 Å². The van der Waals surface area contributed by atoms with Gasteiger partial charge < -0.3 is 14.2 Å². The summed E-state index contributed by atoms with van der Waals surface area (Å²) >= 11 is 0. The van der Waals surface area contributed by atoms with Crippen LogP contribution in [0, 0.1) is 12.8 Å². The van der Waals surface area contributed by atoms with E-state index in [0.29, 0.717) is 13.0 Å². The third kappa shape index (κ3) is 4.71. The Bertz CT molecular complexity index is 718. The van der Waals surface area contributed by atoms with Gasteiger partial charge in [-0.2, -0.15) is 0 Å². The summed E-state index contributed by atoms with van der Waals surface area (Å²) in [5, 5.41) is 4.17. The van der Waals surface area contributed by atoms with Crippen LogP contribution in [0.1, 0.15) is 11.3 Å². The minimum absolute atomic E-state index is 0.191. The SMILES string of the molecule is COC(=O)C(Cc1cc(-c2ccc(C)cc2)on1)CN1CCN(C)CC1. The number of carbonyl (C=O) groups excluding carboxylic acids is 1. The number of piperazine rings is 1. The molecule has 0 spiro atoms. The quantitative estimate of drug-likeness (QED) is 0.739. The molecule has 140 valence electrons. The average molecular weight is 357 g/mol. The van der Waals surface area contributed by atoms with Gasteiger partial charge >= 0.3 is 5.97 Å². The van der Waals surface area contributed by atoms with E-state index in [4.69, 9.17) is 9.26 Å². The number of likely N-dealkylation sites (N-methyl/N-ethyl adjacent to an activating group) is 1. The second-order valence-electron chi connectivity index (χ2n) is 7.08. The Kier molecular flexibility index (Phi) is 6.06. The fourth-order valence-electron chi connectivity index (χ4n) is 3.25. The van der Waals surface area contributed by atoms with Crippen LogP contribution in [-0.4, -0.2) is 67.8 Å². The van der Waals surface area contributed by atoms with Gasteiger partial charge in [0, 0.05) is 50.8 Å². The zero-order chi connectivity index (χ0) is 18.5. The molecular formula is C20H27N3O3. The molecule has 1 unspecified atom stereocenters. The van der Waals surface area contributed by atoms with E-state index < -0.39 is 0 Å². The highest BCUT2D eigenvalue weighted by molar-refractivity contribution is 5.73. The maximum atomic E-state index is 12.3. The lowest BCUT2D eigenvalue weighted by molar-refractivity contribution is -0.146. The molecule has 2 heterocycles. The number of nitrogens with zero attached hydrogens (tertiary/aromatic N) is 3. The molecule has 1 saturated heterocycles. The lowest BCUT2D eigenvalue weighted by atomic mass is 10.0. The second-order valence-corrected chi connectivity index (χ2v) is 7.08. The Labute approximate surface area is 154 Å². The van der Waals surface area contributed by atoms with Gasteiger partial charge in [0.25, 0.3) is 0 Å². The number of rotatable bonds is 6. The van der Waals surface area contributed by atoms with E-state index >= 15 is 0 Å². The van der Waals surface area contributed by atoms with Gasteiger partial charge in [-0.3, -0.25) is 9.69 Å². The first-order chi connectivity index (χ1) is 12.5. The fraction of sp³-hybridized carbons (Fsp3) is 0.500. The first-order valence-corrected chi connectivity index (χ1v) is 9.06. The van der Waals surface area contributed by atoms with Crippen molar-refractivity contribution in [1.82, 2.24) is 15.0 Å². The van der Waals surface area contributed by atoms with Crippen LogP contribution in [0.2, 0.25) is 0 Å². The van der Waals surface area contributed by atoms with Crippen molar-refractivity contribution >= 4 is 5.97 Å². The summed E-state index contributed by atoms with van der Waals surface area (Å²) in [5.74, 6) is 0.298. The van der Waals surface area contributed by atoms with Crippen molar-refractivity contribution in [3.05, 3.63) is 41.6 Å². The minimum atomic E-state index is -0.237. The highest BCUT2D eigenvalue weighted by atomic mass is 16.5. The number of methoxy groups -OCH3 is 1. The first-order valence-electron chi connectivity index (χ1n) is 9.06. The van der Waals surface area contributed by atoms with Crippen LogP contribution in [0.15, 0.2) is 34.9 Å². The summed E-state index contributed by atoms with van der Waals surface area (Å²) in [4.78, 5) is 16.9. The topological polar surface area (TPSA) is 58.8 Å². The fourth-order valence-corrected chi connectivity index (χ4v) is 3.25. The van der Waals surface area contributed by atoms with E-state index in [1.54, 1.807) is 0 Å². The largest absolute Gasteiger partial charge is 0.469 e. The van der Waals surface area contributed by atoms with E-state index in [1.165, 1.54) is 12.7 Å². The van der Waals surface area contributed by atoms with Gasteiger partial charge in [-0.15, -0.1) is 0 Å². The minimum Gasteiger partial charge on any atom is -0.469 e. The van der Waals surface area contributed by atoms with Gasteiger partial charge in [0.2, 0.25) is 0 Å². The van der Waals surface area contributed by atoms with Crippen LogP contribution in [-0.2, 0) is 16.0 Å². The van der Waals surface area contributed by atoms with Gasteiger partial charge in [-0.25, -0.2) is 0 Å². The molecule has 1 atom stereocenters. The number of ether oxygens (including phenoxy) is 1. The van der Waals surface area contributed by atoms with Gasteiger partial charge in [-0.1, -0.05) is 35.0 Å². The third-order valence-electron chi connectivity index (χ3n) is 4.96. The molecule has 1 fully saturated rings. The van der Waals surface area contributed by atoms with E-state index in [0.717, 1.165) is 43.2 Å². The molecule has 6 nitrogen and oxygen atoms in total. The van der Waals surface area contributed by atoms with E-state index in [9.17, 15) is 4.79 Å². The summed E-state index contributed by atoms with van der Waals surface area (Å²) in [7, 11) is 3.57. The van der Waals surface area contributed by atoms with Crippen LogP contribution in [0.3, 0.4) is 0 Å². The molecule has 0 radical (unpaired) electrons. The van der Waals surface area contributed by atoms with Crippen molar-refractivity contribution in [2.45, 2.75) is 13.3 Å². The Morgan fingerprint density at radius 1 is 1.23 bits per heavy atom. The Hall–Kier alpha value is -2.18. The summed E-state index contributed by atoms with van der Waals surface area (Å²) in [6.45, 7) is 6.72. The van der Waals surface area contributed by atoms with Crippen LogP contribution >= 0.6 is 0 Å². The second kappa shape index (κ2) is 8.47. The molecule has 6 heteroatoms. The highest BCUT2D eigenvalue weighted by Crippen LogP contribution is 2.22. The van der Waals surface area contributed by atoms with Crippen molar-refractivity contribution in [1.29, 1.82) is 0 Å². The summed E-state index contributed by atoms with van der Waals surface area (Å²) in [5.41, 5.74) is 2.97.